The molecule has 0 aromatic heterocycles. The third kappa shape index (κ3) is 3.01. The van der Waals surface area contributed by atoms with Crippen molar-refractivity contribution in [2.24, 2.45) is 0 Å². The van der Waals surface area contributed by atoms with Crippen LogP contribution in [0.25, 0.3) is 0 Å². The summed E-state index contributed by atoms with van der Waals surface area (Å²) in [5.41, 5.74) is -0.856. The molecule has 0 unspecified atom stereocenters. The molecule has 1 fully saturated rings. The predicted molar refractivity (Wildman–Crippen MR) is 75.5 cm³/mol. The molecule has 1 aliphatic carbocycles. The summed E-state index contributed by atoms with van der Waals surface area (Å²) in [6, 6.07) is 3.43. The molecule has 0 amide bonds. The van der Waals surface area contributed by atoms with E-state index in [1.54, 1.807) is 0 Å². The van der Waals surface area contributed by atoms with E-state index in [1.807, 2.05) is 0 Å². The second-order valence-electron chi connectivity index (χ2n) is 5.82. The van der Waals surface area contributed by atoms with Crippen LogP contribution in [-0.2, 0) is 5.60 Å². The van der Waals surface area contributed by atoms with E-state index in [0.29, 0.717) is 18.9 Å². The Hall–Kier alpha value is -1.00. The first kappa shape index (κ1) is 15.4. The predicted octanol–water partition coefficient (Wildman–Crippen LogP) is 3.40. The number of halogens is 2. The minimum Gasteiger partial charge on any atom is -0.385 e. The van der Waals surface area contributed by atoms with E-state index in [9.17, 15) is 13.9 Å². The van der Waals surface area contributed by atoms with E-state index in [2.05, 4.69) is 12.2 Å². The summed E-state index contributed by atoms with van der Waals surface area (Å²) in [4.78, 5) is 0. The van der Waals surface area contributed by atoms with E-state index >= 15 is 0 Å². The number of aryl methyl sites for hydroxylation is 1. The van der Waals surface area contributed by atoms with Gasteiger partial charge in [-0.15, -0.1) is 0 Å². The summed E-state index contributed by atoms with van der Waals surface area (Å²) in [5, 5.41) is 14.1. The lowest BCUT2D eigenvalue weighted by Gasteiger charge is -2.37. The summed E-state index contributed by atoms with van der Waals surface area (Å²) in [5.74, 6) is -1.74. The second kappa shape index (κ2) is 6.19. The van der Waals surface area contributed by atoms with Gasteiger partial charge in [0.05, 0.1) is 5.60 Å². The minimum absolute atomic E-state index is 0.106. The van der Waals surface area contributed by atoms with E-state index in [0.717, 1.165) is 25.8 Å². The second-order valence-corrected chi connectivity index (χ2v) is 5.82. The molecule has 1 saturated carbocycles. The highest BCUT2D eigenvalue weighted by atomic mass is 19.2. The van der Waals surface area contributed by atoms with Crippen molar-refractivity contribution < 1.29 is 13.9 Å². The number of hydrogen-bond acceptors (Lipinski definition) is 2. The number of benzene rings is 1. The molecule has 0 radical (unpaired) electrons. The monoisotopic (exact) mass is 283 g/mol. The zero-order valence-corrected chi connectivity index (χ0v) is 12.2. The van der Waals surface area contributed by atoms with Crippen LogP contribution in [0.5, 0.6) is 0 Å². The third-order valence-corrected chi connectivity index (χ3v) is 4.27. The molecule has 2 nitrogen and oxygen atoms in total. The van der Waals surface area contributed by atoms with Crippen molar-refractivity contribution in [2.45, 2.75) is 57.6 Å². The van der Waals surface area contributed by atoms with Gasteiger partial charge >= 0.3 is 0 Å². The van der Waals surface area contributed by atoms with Gasteiger partial charge in [-0.2, -0.15) is 0 Å². The van der Waals surface area contributed by atoms with Crippen LogP contribution in [0, 0.1) is 18.6 Å². The van der Waals surface area contributed by atoms with Crippen LogP contribution in [0.3, 0.4) is 0 Å². The Labute approximate surface area is 119 Å². The lowest BCUT2D eigenvalue weighted by atomic mass is 9.77. The Bertz CT molecular complexity index is 468. The molecule has 1 aromatic rings. The summed E-state index contributed by atoms with van der Waals surface area (Å²) in [6.07, 6.45) is 3.57. The first-order valence-corrected chi connectivity index (χ1v) is 7.39. The van der Waals surface area contributed by atoms with Crippen LogP contribution >= 0.6 is 0 Å². The van der Waals surface area contributed by atoms with Crippen LogP contribution in [0.2, 0.25) is 0 Å². The minimum atomic E-state index is -1.23. The van der Waals surface area contributed by atoms with Crippen molar-refractivity contribution in [3.8, 4) is 0 Å². The molecule has 0 aliphatic heterocycles. The average Bonchev–Trinajstić information content (AvgIpc) is 2.44. The van der Waals surface area contributed by atoms with Crippen molar-refractivity contribution in [3.05, 3.63) is 34.9 Å². The van der Waals surface area contributed by atoms with Gasteiger partial charge in [-0.1, -0.05) is 19.1 Å². The normalized spacial score (nSPS) is 26.8. The highest BCUT2D eigenvalue weighted by Gasteiger charge is 2.37. The van der Waals surface area contributed by atoms with Gasteiger partial charge in [-0.05, 0) is 51.1 Å². The maximum Gasteiger partial charge on any atom is 0.165 e. The van der Waals surface area contributed by atoms with Crippen LogP contribution in [-0.4, -0.2) is 17.7 Å². The van der Waals surface area contributed by atoms with Crippen molar-refractivity contribution >= 4 is 0 Å². The lowest BCUT2D eigenvalue weighted by molar-refractivity contribution is -0.0118. The van der Waals surface area contributed by atoms with Gasteiger partial charge < -0.3 is 10.4 Å². The standard InChI is InChI=1S/C16H23F2NO/c1-3-10-19-12-6-8-16(20,9-7-12)13-5-4-11(2)14(17)15(13)18/h4-5,12,19-20H,3,6-10H2,1-2H3. The molecule has 4 heteroatoms. The van der Waals surface area contributed by atoms with Gasteiger partial charge in [0.2, 0.25) is 0 Å². The fourth-order valence-electron chi connectivity index (χ4n) is 2.92. The van der Waals surface area contributed by atoms with Crippen LogP contribution < -0.4 is 5.32 Å². The maximum atomic E-state index is 14.0. The van der Waals surface area contributed by atoms with Crippen molar-refractivity contribution in [1.82, 2.24) is 5.32 Å². The average molecular weight is 283 g/mol. The van der Waals surface area contributed by atoms with Crippen LogP contribution in [0.4, 0.5) is 8.78 Å². The molecular formula is C16H23F2NO. The molecule has 0 saturated heterocycles. The molecular weight excluding hydrogens is 260 g/mol. The largest absolute Gasteiger partial charge is 0.385 e. The quantitative estimate of drug-likeness (QED) is 0.887. The van der Waals surface area contributed by atoms with Crippen molar-refractivity contribution in [1.29, 1.82) is 0 Å². The number of aliphatic hydroxyl groups is 1. The molecule has 2 N–H and O–H groups in total. The molecule has 1 aliphatic rings. The highest BCUT2D eigenvalue weighted by Crippen LogP contribution is 2.39. The topological polar surface area (TPSA) is 32.3 Å². The van der Waals surface area contributed by atoms with E-state index in [4.69, 9.17) is 0 Å². The van der Waals surface area contributed by atoms with Gasteiger partial charge in [0, 0.05) is 11.6 Å². The smallest absolute Gasteiger partial charge is 0.165 e. The Balaban J connectivity index is 2.12. The van der Waals surface area contributed by atoms with Crippen molar-refractivity contribution in [3.63, 3.8) is 0 Å². The first-order chi connectivity index (χ1) is 9.48. The number of nitrogens with one attached hydrogen (secondary N) is 1. The summed E-state index contributed by atoms with van der Waals surface area (Å²) in [7, 11) is 0. The molecule has 0 heterocycles. The lowest BCUT2D eigenvalue weighted by Crippen LogP contribution is -2.40. The van der Waals surface area contributed by atoms with E-state index < -0.39 is 17.2 Å². The highest BCUT2D eigenvalue weighted by molar-refractivity contribution is 5.30. The molecule has 112 valence electrons. The zero-order chi connectivity index (χ0) is 14.8. The number of hydrogen-bond donors (Lipinski definition) is 2. The SMILES string of the molecule is CCCNC1CCC(O)(c2ccc(C)c(F)c2F)CC1. The van der Waals surface area contributed by atoms with E-state index in [-0.39, 0.29) is 11.1 Å². The van der Waals surface area contributed by atoms with Gasteiger partial charge in [0.15, 0.2) is 11.6 Å². The first-order valence-electron chi connectivity index (χ1n) is 7.39. The van der Waals surface area contributed by atoms with E-state index in [1.165, 1.54) is 19.1 Å². The molecule has 0 atom stereocenters. The summed E-state index contributed by atoms with van der Waals surface area (Å²) < 4.78 is 27.7. The van der Waals surface area contributed by atoms with Crippen LogP contribution in [0.1, 0.15) is 50.2 Å². The van der Waals surface area contributed by atoms with Gasteiger partial charge in [0.1, 0.15) is 0 Å². The van der Waals surface area contributed by atoms with Gasteiger partial charge in [0.25, 0.3) is 0 Å². The van der Waals surface area contributed by atoms with Gasteiger partial charge in [-0.25, -0.2) is 8.78 Å². The maximum absolute atomic E-state index is 14.0. The fourth-order valence-corrected chi connectivity index (χ4v) is 2.92. The molecule has 0 bridgehead atoms. The Kier molecular flexibility index (Phi) is 4.76. The zero-order valence-electron chi connectivity index (χ0n) is 12.2. The molecule has 1 aromatic carbocycles. The fraction of sp³-hybridized carbons (Fsp3) is 0.625. The third-order valence-electron chi connectivity index (χ3n) is 4.27. The Morgan fingerprint density at radius 3 is 2.50 bits per heavy atom. The van der Waals surface area contributed by atoms with Crippen LogP contribution in [0.15, 0.2) is 12.1 Å². The Morgan fingerprint density at radius 1 is 1.25 bits per heavy atom. The molecule has 2 rings (SSSR count). The Morgan fingerprint density at radius 2 is 1.90 bits per heavy atom. The van der Waals surface area contributed by atoms with Crippen molar-refractivity contribution in [2.75, 3.05) is 6.54 Å². The van der Waals surface area contributed by atoms with Gasteiger partial charge in [-0.3, -0.25) is 0 Å². The summed E-state index contributed by atoms with van der Waals surface area (Å²) in [6.45, 7) is 4.59. The summed E-state index contributed by atoms with van der Waals surface area (Å²) >= 11 is 0. The number of rotatable bonds is 4. The molecule has 0 spiro atoms. The molecule has 20 heavy (non-hydrogen) atoms.